The van der Waals surface area contributed by atoms with Crippen molar-refractivity contribution in [3.05, 3.63) is 41.5 Å². The van der Waals surface area contributed by atoms with Crippen molar-refractivity contribution in [3.63, 3.8) is 0 Å². The zero-order chi connectivity index (χ0) is 20.9. The fourth-order valence-electron chi connectivity index (χ4n) is 4.95. The monoisotopic (exact) mass is 465 g/mol. The van der Waals surface area contributed by atoms with Crippen LogP contribution in [0.2, 0.25) is 29.6 Å². The number of rotatable bonds is 7. The molecule has 6 heteroatoms. The summed E-state index contributed by atoms with van der Waals surface area (Å²) in [5.41, 5.74) is 2.06. The van der Waals surface area contributed by atoms with E-state index in [-0.39, 0.29) is 9.76 Å². The van der Waals surface area contributed by atoms with Crippen LogP contribution >= 0.6 is 18.6 Å². The van der Waals surface area contributed by atoms with Crippen LogP contribution in [0.4, 0.5) is 0 Å². The van der Waals surface area contributed by atoms with E-state index in [0.29, 0.717) is 11.3 Å². The number of allylic oxidation sites excluding steroid dienone is 1. The van der Waals surface area contributed by atoms with Gasteiger partial charge < -0.3 is 0 Å². The summed E-state index contributed by atoms with van der Waals surface area (Å²) in [6.45, 7) is 13.6. The van der Waals surface area contributed by atoms with Gasteiger partial charge in [-0.3, -0.25) is 0 Å². The number of fused-ring (bicyclic) bond motifs is 1. The molecule has 0 radical (unpaired) electrons. The Morgan fingerprint density at radius 3 is 2.33 bits per heavy atom. The number of nitrogens with one attached hydrogen (secondary N) is 1. The van der Waals surface area contributed by atoms with Crippen LogP contribution < -0.4 is 3.80 Å². The Bertz CT molecular complexity index is 885. The van der Waals surface area contributed by atoms with Gasteiger partial charge in [-0.05, 0) is 0 Å². The van der Waals surface area contributed by atoms with Crippen LogP contribution in [-0.4, -0.2) is 25.3 Å². The molecule has 1 aliphatic carbocycles. The van der Waals surface area contributed by atoms with E-state index in [1.165, 1.54) is 11.1 Å². The van der Waals surface area contributed by atoms with Crippen LogP contribution in [0.15, 0.2) is 30.3 Å². The summed E-state index contributed by atoms with van der Waals surface area (Å²) in [6, 6.07) is 8.34. The molecule has 1 aliphatic rings. The predicted molar refractivity (Wildman–Crippen MR) is 125 cm³/mol. The van der Waals surface area contributed by atoms with E-state index >= 15 is 0 Å². The Balaban J connectivity index is 2.54. The normalized spacial score (nSPS) is 21.8. The Labute approximate surface area is 170 Å². The van der Waals surface area contributed by atoms with Crippen molar-refractivity contribution in [2.45, 2.75) is 66.5 Å². The van der Waals surface area contributed by atoms with Crippen molar-refractivity contribution < 1.29 is 14.8 Å². The van der Waals surface area contributed by atoms with Gasteiger partial charge in [0.1, 0.15) is 0 Å². The molecular weight excluding hydrogens is 429 g/mol. The maximum absolute atomic E-state index is 7.80. The zero-order valence-electron chi connectivity index (χ0n) is 18.0. The first-order valence-electron chi connectivity index (χ1n) is 9.94. The third-order valence-corrected chi connectivity index (χ3v) is 21.2. The summed E-state index contributed by atoms with van der Waals surface area (Å²) in [4.78, 5) is 4.77. The van der Waals surface area contributed by atoms with Crippen LogP contribution in [0.5, 0.6) is 0 Å². The molecule has 0 fully saturated rings. The third kappa shape index (κ3) is 5.45. The van der Waals surface area contributed by atoms with Gasteiger partial charge in [-0.2, -0.15) is 0 Å². The van der Waals surface area contributed by atoms with E-state index in [9.17, 15) is 0 Å². The van der Waals surface area contributed by atoms with Gasteiger partial charge in [-0.15, -0.1) is 0 Å². The van der Waals surface area contributed by atoms with Crippen molar-refractivity contribution in [1.82, 2.24) is 3.80 Å². The summed E-state index contributed by atoms with van der Waals surface area (Å²) in [5, 5.41) is 2.04. The molecule has 0 bridgehead atoms. The molecule has 1 aromatic carbocycles. The summed E-state index contributed by atoms with van der Waals surface area (Å²) < 4.78 is 10.3. The third-order valence-electron chi connectivity index (χ3n) is 5.53. The van der Waals surface area contributed by atoms with Crippen LogP contribution in [0.3, 0.4) is 0 Å². The molecule has 0 aromatic heterocycles. The molecule has 2 rings (SSSR count). The van der Waals surface area contributed by atoms with E-state index in [0.717, 1.165) is 6.42 Å². The van der Waals surface area contributed by atoms with Crippen LogP contribution in [0.25, 0.3) is 6.08 Å². The SMILES string of the molecule is [CH2]=[Ti]([CH3])([Cl])([Cl])([CH2]CCO[Si](C)(C)C)([NH]C(C)(C)C)[CH]1C=Cc2ccccc21. The van der Waals surface area contributed by atoms with Gasteiger partial charge in [0.05, 0.1) is 0 Å². The molecule has 1 atom stereocenters. The molecule has 0 heterocycles. The first-order valence-corrected chi connectivity index (χ1v) is 23.1. The van der Waals surface area contributed by atoms with Crippen LogP contribution in [0, 0.1) is 0 Å². The summed E-state index contributed by atoms with van der Waals surface area (Å²) >= 11 is 0. The van der Waals surface area contributed by atoms with E-state index in [2.05, 4.69) is 74.6 Å². The molecule has 1 aromatic rings. The Kier molecular flexibility index (Phi) is 5.15. The van der Waals surface area contributed by atoms with E-state index in [1.807, 2.05) is 11.3 Å². The molecule has 2 nitrogen and oxygen atoms in total. The van der Waals surface area contributed by atoms with Gasteiger partial charge in [0, 0.05) is 0 Å². The van der Waals surface area contributed by atoms with Crippen molar-refractivity contribution in [2.24, 2.45) is 0 Å². The van der Waals surface area contributed by atoms with Gasteiger partial charge in [0.25, 0.3) is 0 Å². The number of benzene rings is 1. The van der Waals surface area contributed by atoms with E-state index in [4.69, 9.17) is 27.9 Å². The van der Waals surface area contributed by atoms with Gasteiger partial charge in [-0.1, -0.05) is 0 Å². The number of halogens is 2. The summed E-state index contributed by atoms with van der Waals surface area (Å²) in [5.74, 6) is 0. The molecule has 1 N–H and O–H groups in total. The van der Waals surface area contributed by atoms with Gasteiger partial charge in [0.2, 0.25) is 0 Å². The molecule has 0 saturated heterocycles. The predicted octanol–water partition coefficient (Wildman–Crippen LogP) is 7.27. The van der Waals surface area contributed by atoms with Crippen molar-refractivity contribution in [3.8, 4) is 0 Å². The standard InChI is InChI=1S/C9H7.C6H15OSi.C4H10N.CH3.CH2.2ClH.Ti/c1-2-5-9-7-3-6-8(9)4-1;1-5-6-7-8(2,3)4;1-4(2,3)5;;;;;/h1-7H;1,5-6H2,2-4H3;5H,1-3H3;1H3;1H2;2*1H;/q;;-1;;;;;+3/p-2. The Morgan fingerprint density at radius 2 is 1.78 bits per heavy atom. The van der Waals surface area contributed by atoms with Gasteiger partial charge >= 0.3 is 171 Å². The minimum atomic E-state index is -5.57. The minimum absolute atomic E-state index is 0.145. The van der Waals surface area contributed by atoms with Gasteiger partial charge in [0.15, 0.2) is 0 Å². The second-order valence-corrected chi connectivity index (χ2v) is 43.4. The van der Waals surface area contributed by atoms with Crippen LogP contribution in [0.1, 0.15) is 42.5 Å². The quantitative estimate of drug-likeness (QED) is 0.337. The Morgan fingerprint density at radius 1 is 1.19 bits per heavy atom. The first-order chi connectivity index (χ1) is 11.8. The van der Waals surface area contributed by atoms with Crippen molar-refractivity contribution in [2.75, 3.05) is 6.61 Å². The first kappa shape index (κ1) is 23.5. The number of hydrogen-bond acceptors (Lipinski definition) is 2. The van der Waals surface area contributed by atoms with Crippen molar-refractivity contribution >= 4 is 37.8 Å². The average Bonchev–Trinajstić information content (AvgIpc) is 2.85. The molecule has 27 heavy (non-hydrogen) atoms. The van der Waals surface area contributed by atoms with E-state index < -0.39 is 18.7 Å². The topological polar surface area (TPSA) is 21.3 Å². The second kappa shape index (κ2) is 5.91. The molecule has 0 spiro atoms. The molecule has 0 saturated carbocycles. The average molecular weight is 466 g/mol. The molecular formula is C21H37Cl2NOSiTi. The van der Waals surface area contributed by atoms with Crippen molar-refractivity contribution in [1.29, 1.82) is 0 Å². The van der Waals surface area contributed by atoms with Crippen LogP contribution in [-0.2, 0) is 14.8 Å². The molecule has 1 unspecified atom stereocenters. The fourth-order valence-corrected chi connectivity index (χ4v) is 21.7. The molecule has 0 aliphatic heterocycles. The fraction of sp³-hybridized carbons (Fsp3) is 0.571. The van der Waals surface area contributed by atoms with E-state index in [1.54, 1.807) is 0 Å². The molecule has 154 valence electrons. The second-order valence-electron chi connectivity index (χ2n) is 11.7. The number of hydrogen-bond donors (Lipinski definition) is 1. The summed E-state index contributed by atoms with van der Waals surface area (Å²) in [6.07, 6.45) is 5.07. The zero-order valence-corrected chi connectivity index (χ0v) is 22.1. The Hall–Kier alpha value is 0.261. The van der Waals surface area contributed by atoms with Gasteiger partial charge in [-0.25, -0.2) is 0 Å². The maximum atomic E-state index is 7.80. The molecule has 0 amide bonds. The summed E-state index contributed by atoms with van der Waals surface area (Å²) in [7, 11) is 8.45.